The van der Waals surface area contributed by atoms with Gasteiger partial charge in [0.05, 0.1) is 11.6 Å². The molecular formula is C25H22F2N4O2S. The van der Waals surface area contributed by atoms with Crippen molar-refractivity contribution < 1.29 is 13.6 Å². The third kappa shape index (κ3) is 4.23. The van der Waals surface area contributed by atoms with Gasteiger partial charge in [-0.15, -0.1) is 0 Å². The summed E-state index contributed by atoms with van der Waals surface area (Å²) in [4.78, 5) is 39.5. The molecule has 3 heterocycles. The van der Waals surface area contributed by atoms with Crippen molar-refractivity contribution in [3.8, 4) is 11.4 Å². The SMILES string of the molecule is C[C@@H](CC(=O)[C@H]1CCCN1c1nc2c(=O)[nH]c(-c3ccc(F)cc3F)nc2s1)c1ccccc1. The number of H-pyrrole nitrogens is 1. The van der Waals surface area contributed by atoms with Crippen LogP contribution in [0.3, 0.4) is 0 Å². The molecule has 2 aromatic carbocycles. The lowest BCUT2D eigenvalue weighted by Crippen LogP contribution is -2.36. The summed E-state index contributed by atoms with van der Waals surface area (Å²) in [6.07, 6.45) is 2.00. The van der Waals surface area contributed by atoms with Crippen molar-refractivity contribution in [1.82, 2.24) is 15.0 Å². The normalized spacial score (nSPS) is 16.8. The standard InChI is InChI=1S/C25H22F2N4O2S/c1-14(15-6-3-2-4-7-15)12-20(32)19-8-5-11-31(19)25-28-21-23(33)29-22(30-24(21)34-25)17-10-9-16(26)13-18(17)27/h2-4,6-7,9-10,13-14,19H,5,8,11-12H2,1H3,(H,29,30,33)/t14-,19+/m0/s1. The Kier molecular flexibility index (Phi) is 5.95. The van der Waals surface area contributed by atoms with E-state index in [-0.39, 0.29) is 34.6 Å². The predicted molar refractivity (Wildman–Crippen MR) is 128 cm³/mol. The molecule has 2 aromatic heterocycles. The zero-order valence-electron chi connectivity index (χ0n) is 18.4. The number of thiazole rings is 1. The molecule has 9 heteroatoms. The Morgan fingerprint density at radius 2 is 2.00 bits per heavy atom. The van der Waals surface area contributed by atoms with Crippen LogP contribution in [0.15, 0.2) is 53.3 Å². The van der Waals surface area contributed by atoms with Gasteiger partial charge in [-0.3, -0.25) is 9.59 Å². The Hall–Kier alpha value is -3.46. The van der Waals surface area contributed by atoms with Crippen LogP contribution >= 0.6 is 11.3 Å². The van der Waals surface area contributed by atoms with Crippen molar-refractivity contribution in [2.24, 2.45) is 0 Å². The van der Waals surface area contributed by atoms with E-state index in [1.807, 2.05) is 42.2 Å². The minimum Gasteiger partial charge on any atom is -0.338 e. The van der Waals surface area contributed by atoms with E-state index in [4.69, 9.17) is 0 Å². The summed E-state index contributed by atoms with van der Waals surface area (Å²) >= 11 is 1.20. The van der Waals surface area contributed by atoms with E-state index in [1.165, 1.54) is 17.4 Å². The molecule has 0 aliphatic carbocycles. The van der Waals surface area contributed by atoms with Gasteiger partial charge in [0.2, 0.25) is 0 Å². The predicted octanol–water partition coefficient (Wildman–Crippen LogP) is 5.06. The van der Waals surface area contributed by atoms with Crippen LogP contribution in [0, 0.1) is 11.6 Å². The maximum atomic E-state index is 14.2. The monoisotopic (exact) mass is 480 g/mol. The number of hydrogen-bond acceptors (Lipinski definition) is 6. The van der Waals surface area contributed by atoms with Crippen LogP contribution in [-0.4, -0.2) is 33.3 Å². The van der Waals surface area contributed by atoms with Crippen LogP contribution in [0.1, 0.15) is 37.7 Å². The van der Waals surface area contributed by atoms with E-state index in [9.17, 15) is 18.4 Å². The second kappa shape index (κ2) is 9.06. The number of benzene rings is 2. The van der Waals surface area contributed by atoms with Crippen molar-refractivity contribution in [1.29, 1.82) is 0 Å². The highest BCUT2D eigenvalue weighted by Gasteiger charge is 2.33. The number of ketones is 1. The number of aromatic amines is 1. The number of halogens is 2. The van der Waals surface area contributed by atoms with Gasteiger partial charge in [0.25, 0.3) is 5.56 Å². The molecule has 0 radical (unpaired) electrons. The first kappa shape index (κ1) is 22.3. The number of rotatable bonds is 6. The second-order valence-corrected chi connectivity index (χ2v) is 9.48. The summed E-state index contributed by atoms with van der Waals surface area (Å²) in [6.45, 7) is 2.71. The Balaban J connectivity index is 1.42. The van der Waals surface area contributed by atoms with Gasteiger partial charge in [0.15, 0.2) is 21.3 Å². The van der Waals surface area contributed by atoms with Gasteiger partial charge >= 0.3 is 0 Å². The number of carbonyl (C=O) groups excluding carboxylic acids is 1. The van der Waals surface area contributed by atoms with Crippen LogP contribution in [-0.2, 0) is 4.79 Å². The largest absolute Gasteiger partial charge is 0.338 e. The number of nitrogens with one attached hydrogen (secondary N) is 1. The zero-order chi connectivity index (χ0) is 23.8. The molecular weight excluding hydrogens is 458 g/mol. The van der Waals surface area contributed by atoms with E-state index in [1.54, 1.807) is 0 Å². The van der Waals surface area contributed by atoms with E-state index < -0.39 is 17.2 Å². The first-order valence-corrected chi connectivity index (χ1v) is 11.9. The molecule has 5 rings (SSSR count). The minimum atomic E-state index is -0.815. The molecule has 1 saturated heterocycles. The lowest BCUT2D eigenvalue weighted by atomic mass is 9.93. The molecule has 34 heavy (non-hydrogen) atoms. The van der Waals surface area contributed by atoms with Crippen molar-refractivity contribution in [3.63, 3.8) is 0 Å². The fraction of sp³-hybridized carbons (Fsp3) is 0.280. The molecule has 1 aliphatic rings. The number of anilines is 1. The van der Waals surface area contributed by atoms with Crippen LogP contribution in [0.2, 0.25) is 0 Å². The summed E-state index contributed by atoms with van der Waals surface area (Å²) < 4.78 is 27.5. The molecule has 1 aliphatic heterocycles. The first-order valence-electron chi connectivity index (χ1n) is 11.1. The zero-order valence-corrected chi connectivity index (χ0v) is 19.2. The molecule has 0 saturated carbocycles. The average Bonchev–Trinajstić information content (AvgIpc) is 3.47. The summed E-state index contributed by atoms with van der Waals surface area (Å²) in [5, 5.41) is 0.549. The molecule has 4 aromatic rings. The molecule has 0 spiro atoms. The average molecular weight is 481 g/mol. The van der Waals surface area contributed by atoms with Gasteiger partial charge in [0, 0.05) is 19.0 Å². The van der Waals surface area contributed by atoms with Gasteiger partial charge in [0.1, 0.15) is 17.5 Å². The maximum Gasteiger partial charge on any atom is 0.278 e. The van der Waals surface area contributed by atoms with Crippen LogP contribution in [0.4, 0.5) is 13.9 Å². The highest BCUT2D eigenvalue weighted by molar-refractivity contribution is 7.21. The van der Waals surface area contributed by atoms with Gasteiger partial charge < -0.3 is 9.88 Å². The molecule has 0 amide bonds. The maximum absolute atomic E-state index is 14.2. The van der Waals surface area contributed by atoms with E-state index in [0.717, 1.165) is 30.5 Å². The Morgan fingerprint density at radius 1 is 1.21 bits per heavy atom. The molecule has 174 valence electrons. The minimum absolute atomic E-state index is 0.000485. The topological polar surface area (TPSA) is 79.0 Å². The molecule has 2 atom stereocenters. The van der Waals surface area contributed by atoms with Gasteiger partial charge in [-0.2, -0.15) is 0 Å². The van der Waals surface area contributed by atoms with E-state index in [0.29, 0.717) is 22.9 Å². The summed E-state index contributed by atoms with van der Waals surface area (Å²) in [6, 6.07) is 12.7. The van der Waals surface area contributed by atoms with Crippen LogP contribution in [0.25, 0.3) is 21.7 Å². The summed E-state index contributed by atoms with van der Waals surface area (Å²) in [5.74, 6) is -1.27. The number of Topliss-reactive ketones (excluding diaryl/α,β-unsaturated/α-hetero) is 1. The Bertz CT molecular complexity index is 1420. The number of aromatic nitrogens is 3. The number of hydrogen-bond donors (Lipinski definition) is 1. The van der Waals surface area contributed by atoms with Gasteiger partial charge in [-0.1, -0.05) is 48.6 Å². The fourth-order valence-corrected chi connectivity index (χ4v) is 5.44. The third-order valence-corrected chi connectivity index (χ3v) is 7.18. The second-order valence-electron chi connectivity index (χ2n) is 8.52. The number of fused-ring (bicyclic) bond motifs is 1. The smallest absolute Gasteiger partial charge is 0.278 e. The van der Waals surface area contributed by atoms with Gasteiger partial charge in [-0.25, -0.2) is 18.7 Å². The lowest BCUT2D eigenvalue weighted by Gasteiger charge is -2.24. The fourth-order valence-electron chi connectivity index (χ4n) is 4.42. The quantitative estimate of drug-likeness (QED) is 0.418. The molecule has 1 fully saturated rings. The third-order valence-electron chi connectivity index (χ3n) is 6.19. The number of nitrogens with zero attached hydrogens (tertiary/aromatic N) is 3. The summed E-state index contributed by atoms with van der Waals surface area (Å²) in [5.41, 5.74) is 0.754. The van der Waals surface area contributed by atoms with E-state index >= 15 is 0 Å². The Labute approximate surface area is 198 Å². The van der Waals surface area contributed by atoms with Gasteiger partial charge in [-0.05, 0) is 36.5 Å². The van der Waals surface area contributed by atoms with Crippen LogP contribution < -0.4 is 10.5 Å². The van der Waals surface area contributed by atoms with Crippen LogP contribution in [0.5, 0.6) is 0 Å². The summed E-state index contributed by atoms with van der Waals surface area (Å²) in [7, 11) is 0. The first-order chi connectivity index (χ1) is 16.4. The van der Waals surface area contributed by atoms with Crippen molar-refractivity contribution in [2.75, 3.05) is 11.4 Å². The van der Waals surface area contributed by atoms with Crippen molar-refractivity contribution in [2.45, 2.75) is 38.1 Å². The highest BCUT2D eigenvalue weighted by atomic mass is 32.1. The molecule has 1 N–H and O–H groups in total. The Morgan fingerprint density at radius 3 is 2.76 bits per heavy atom. The van der Waals surface area contributed by atoms with Crippen molar-refractivity contribution >= 4 is 32.6 Å². The molecule has 6 nitrogen and oxygen atoms in total. The molecule has 0 bridgehead atoms. The van der Waals surface area contributed by atoms with E-state index in [2.05, 4.69) is 15.0 Å². The molecule has 0 unspecified atom stereocenters. The van der Waals surface area contributed by atoms with Crippen molar-refractivity contribution in [3.05, 3.63) is 76.1 Å². The highest BCUT2D eigenvalue weighted by Crippen LogP contribution is 2.34. The number of carbonyl (C=O) groups is 1. The lowest BCUT2D eigenvalue weighted by molar-refractivity contribution is -0.120.